The van der Waals surface area contributed by atoms with E-state index in [4.69, 9.17) is 26.8 Å². The SMILES string of the molecule is NCC(=O)O.NCCCC[C@H](N)C(=O)O.O=C(O)CCCC[C@@H]1SC[C@@H]2NC(=O)N[C@@H]21. The zero-order chi connectivity index (χ0) is 23.8. The molecule has 13 heteroatoms. The summed E-state index contributed by atoms with van der Waals surface area (Å²) >= 11 is 1.87. The molecule has 2 aliphatic heterocycles. The van der Waals surface area contributed by atoms with E-state index < -0.39 is 23.9 Å². The van der Waals surface area contributed by atoms with Crippen LogP contribution in [0.3, 0.4) is 0 Å². The van der Waals surface area contributed by atoms with Gasteiger partial charge in [0.25, 0.3) is 0 Å². The molecule has 0 saturated carbocycles. The van der Waals surface area contributed by atoms with Gasteiger partial charge in [-0.05, 0) is 32.2 Å². The van der Waals surface area contributed by atoms with Crippen LogP contribution in [0.4, 0.5) is 4.79 Å². The number of urea groups is 1. The van der Waals surface area contributed by atoms with Crippen molar-refractivity contribution in [1.29, 1.82) is 0 Å². The van der Waals surface area contributed by atoms with Gasteiger partial charge in [-0.3, -0.25) is 14.4 Å². The first-order chi connectivity index (χ1) is 14.6. The monoisotopic (exact) mass is 465 g/mol. The Hall–Kier alpha value is -2.09. The number of carbonyl (C=O) groups excluding carboxylic acids is 1. The second kappa shape index (κ2) is 16.6. The van der Waals surface area contributed by atoms with E-state index >= 15 is 0 Å². The molecule has 31 heavy (non-hydrogen) atoms. The Balaban J connectivity index is 0.000000515. The number of fused-ring (bicyclic) bond motifs is 1. The quantitative estimate of drug-likeness (QED) is 0.141. The van der Waals surface area contributed by atoms with Gasteiger partial charge in [0.1, 0.15) is 6.04 Å². The van der Waals surface area contributed by atoms with Crippen LogP contribution in [0.5, 0.6) is 0 Å². The van der Waals surface area contributed by atoms with Gasteiger partial charge in [-0.25, -0.2) is 4.79 Å². The van der Waals surface area contributed by atoms with Gasteiger partial charge in [0.2, 0.25) is 0 Å². The third-order valence-corrected chi connectivity index (χ3v) is 6.04. The average molecular weight is 466 g/mol. The molecule has 0 spiro atoms. The van der Waals surface area contributed by atoms with E-state index in [0.29, 0.717) is 18.2 Å². The van der Waals surface area contributed by atoms with Gasteiger partial charge in [0.05, 0.1) is 18.6 Å². The first kappa shape index (κ1) is 28.9. The molecule has 2 fully saturated rings. The van der Waals surface area contributed by atoms with Crippen LogP contribution < -0.4 is 27.8 Å². The number of unbranched alkanes of at least 4 members (excludes halogenated alkanes) is 2. The molecular weight excluding hydrogens is 430 g/mol. The minimum Gasteiger partial charge on any atom is -0.481 e. The predicted octanol–water partition coefficient (Wildman–Crippen LogP) is -0.646. The van der Waals surface area contributed by atoms with Crippen LogP contribution >= 0.6 is 11.8 Å². The second-order valence-corrected chi connectivity index (χ2v) is 8.36. The number of rotatable bonds is 11. The number of nitrogens with one attached hydrogen (secondary N) is 2. The Labute approximate surface area is 185 Å². The Bertz CT molecular complexity index is 582. The molecule has 0 aliphatic carbocycles. The molecule has 0 bridgehead atoms. The van der Waals surface area contributed by atoms with Gasteiger partial charge in [-0.2, -0.15) is 11.8 Å². The third-order valence-electron chi connectivity index (χ3n) is 4.53. The fourth-order valence-electron chi connectivity index (χ4n) is 2.90. The zero-order valence-corrected chi connectivity index (χ0v) is 18.3. The van der Waals surface area contributed by atoms with Crippen molar-refractivity contribution in [3.05, 3.63) is 0 Å². The first-order valence-corrected chi connectivity index (χ1v) is 11.2. The van der Waals surface area contributed by atoms with Crippen LogP contribution in [-0.4, -0.2) is 81.5 Å². The summed E-state index contributed by atoms with van der Waals surface area (Å²) in [5.74, 6) is -1.66. The van der Waals surface area contributed by atoms with Crippen molar-refractivity contribution < 1.29 is 34.5 Å². The van der Waals surface area contributed by atoms with E-state index in [1.165, 1.54) is 0 Å². The maximum Gasteiger partial charge on any atom is 0.320 e. The summed E-state index contributed by atoms with van der Waals surface area (Å²) in [7, 11) is 0. The van der Waals surface area contributed by atoms with E-state index in [1.54, 1.807) is 0 Å². The maximum atomic E-state index is 11.1. The topological polar surface area (TPSA) is 231 Å². The molecule has 2 heterocycles. The molecule has 0 aromatic heterocycles. The number of carbonyl (C=O) groups is 4. The van der Waals surface area contributed by atoms with Crippen LogP contribution in [0.2, 0.25) is 0 Å². The minimum absolute atomic E-state index is 0.0640. The highest BCUT2D eigenvalue weighted by atomic mass is 32.2. The summed E-state index contributed by atoms with van der Waals surface area (Å²) in [6, 6.07) is -0.276. The van der Waals surface area contributed by atoms with Crippen LogP contribution in [-0.2, 0) is 14.4 Å². The third kappa shape index (κ3) is 13.8. The van der Waals surface area contributed by atoms with Crippen molar-refractivity contribution in [3.63, 3.8) is 0 Å². The summed E-state index contributed by atoms with van der Waals surface area (Å²) in [6.07, 6.45) is 5.04. The molecule has 0 aromatic carbocycles. The fourth-order valence-corrected chi connectivity index (χ4v) is 4.44. The van der Waals surface area contributed by atoms with Crippen molar-refractivity contribution in [3.8, 4) is 0 Å². The van der Waals surface area contributed by atoms with Crippen molar-refractivity contribution in [2.75, 3.05) is 18.8 Å². The van der Waals surface area contributed by atoms with Gasteiger partial charge in [-0.1, -0.05) is 12.8 Å². The number of thioether (sulfide) groups is 1. The predicted molar refractivity (Wildman–Crippen MR) is 117 cm³/mol. The number of nitrogens with two attached hydrogens (primary N) is 3. The molecule has 4 atom stereocenters. The summed E-state index contributed by atoms with van der Waals surface area (Å²) < 4.78 is 0. The minimum atomic E-state index is -0.968. The smallest absolute Gasteiger partial charge is 0.320 e. The van der Waals surface area contributed by atoms with Gasteiger partial charge in [-0.15, -0.1) is 0 Å². The molecule has 0 unspecified atom stereocenters. The number of aliphatic carboxylic acids is 3. The Morgan fingerprint density at radius 1 is 1.03 bits per heavy atom. The van der Waals surface area contributed by atoms with Gasteiger partial charge < -0.3 is 43.2 Å². The van der Waals surface area contributed by atoms with Crippen LogP contribution in [0.15, 0.2) is 0 Å². The Morgan fingerprint density at radius 2 is 1.68 bits per heavy atom. The van der Waals surface area contributed by atoms with Crippen LogP contribution in [0.25, 0.3) is 0 Å². The van der Waals surface area contributed by atoms with Gasteiger partial charge >= 0.3 is 23.9 Å². The molecule has 2 rings (SSSR count). The number of hydrogen-bond acceptors (Lipinski definition) is 8. The van der Waals surface area contributed by atoms with Crippen LogP contribution in [0, 0.1) is 0 Å². The summed E-state index contributed by atoms with van der Waals surface area (Å²) in [5, 5.41) is 30.7. The van der Waals surface area contributed by atoms with E-state index in [2.05, 4.69) is 16.4 Å². The summed E-state index contributed by atoms with van der Waals surface area (Å²) in [5.41, 5.74) is 15.0. The number of hydrogen-bond donors (Lipinski definition) is 8. The molecule has 0 aromatic rings. The van der Waals surface area contributed by atoms with E-state index in [9.17, 15) is 19.2 Å². The van der Waals surface area contributed by atoms with Crippen molar-refractivity contribution in [2.45, 2.75) is 68.3 Å². The van der Waals surface area contributed by atoms with Gasteiger partial charge in [0.15, 0.2) is 0 Å². The van der Waals surface area contributed by atoms with Crippen molar-refractivity contribution in [1.82, 2.24) is 10.6 Å². The van der Waals surface area contributed by atoms with E-state index in [0.717, 1.165) is 37.9 Å². The Kier molecular flexibility index (Phi) is 15.5. The highest BCUT2D eigenvalue weighted by Gasteiger charge is 2.42. The summed E-state index contributed by atoms with van der Waals surface area (Å²) in [6.45, 7) is 0.326. The second-order valence-electron chi connectivity index (χ2n) is 7.09. The average Bonchev–Trinajstić information content (AvgIpc) is 3.25. The first-order valence-electron chi connectivity index (χ1n) is 10.1. The van der Waals surface area contributed by atoms with Crippen molar-refractivity contribution in [2.24, 2.45) is 17.2 Å². The molecule has 2 saturated heterocycles. The molecule has 2 amide bonds. The molecular formula is C18H35N5O7S. The van der Waals surface area contributed by atoms with Crippen molar-refractivity contribution >= 4 is 35.7 Å². The van der Waals surface area contributed by atoms with E-state index in [1.807, 2.05) is 11.8 Å². The van der Waals surface area contributed by atoms with Gasteiger partial charge in [0, 0.05) is 17.4 Å². The largest absolute Gasteiger partial charge is 0.481 e. The molecule has 0 radical (unpaired) electrons. The lowest BCUT2D eigenvalue weighted by atomic mass is 10.0. The Morgan fingerprint density at radius 3 is 2.19 bits per heavy atom. The lowest BCUT2D eigenvalue weighted by Gasteiger charge is -2.16. The van der Waals surface area contributed by atoms with E-state index in [-0.39, 0.29) is 31.1 Å². The zero-order valence-electron chi connectivity index (χ0n) is 17.5. The summed E-state index contributed by atoms with van der Waals surface area (Å²) in [4.78, 5) is 40.8. The molecule has 180 valence electrons. The molecule has 11 N–H and O–H groups in total. The highest BCUT2D eigenvalue weighted by molar-refractivity contribution is 8.00. The molecule has 2 aliphatic rings. The normalized spacial score (nSPS) is 21.9. The number of carboxylic acid groups (broad SMARTS) is 3. The number of carboxylic acids is 3. The lowest BCUT2D eigenvalue weighted by molar-refractivity contribution is -0.139. The standard InChI is InChI=1S/C10H16N2O3S.C6H14N2O2.C2H5NO2/c13-8(14)4-2-1-3-7-9-6(5-16-7)11-10(15)12-9;7-4-2-1-3-5(8)6(9)10;3-1-2(4)5/h6-7,9H,1-5H2,(H,13,14)(H2,11,12,15);5H,1-4,7-8H2,(H,9,10);1,3H2,(H,4,5)/t6-,7-,9-;5-;/m00./s1. The maximum absolute atomic E-state index is 11.1. The number of amides is 2. The van der Waals surface area contributed by atoms with Crippen LogP contribution in [0.1, 0.15) is 44.9 Å². The highest BCUT2D eigenvalue weighted by Crippen LogP contribution is 2.33. The fraction of sp³-hybridized carbons (Fsp3) is 0.778. The molecule has 12 nitrogen and oxygen atoms in total. The lowest BCUT2D eigenvalue weighted by Crippen LogP contribution is -2.36.